The SMILES string of the molecule is CCC(CC)c1nc2cc(C)c(C)c(Cl)n2n1. The van der Waals surface area contributed by atoms with E-state index in [1.807, 2.05) is 19.9 Å². The number of rotatable bonds is 3. The third kappa shape index (κ3) is 2.04. The molecule has 0 N–H and O–H groups in total. The molecule has 0 amide bonds. The van der Waals surface area contributed by atoms with Crippen LogP contribution in [0.5, 0.6) is 0 Å². The van der Waals surface area contributed by atoms with Crippen LogP contribution in [0.25, 0.3) is 5.65 Å². The minimum atomic E-state index is 0.423. The first-order chi connectivity index (χ1) is 8.08. The van der Waals surface area contributed by atoms with Crippen LogP contribution in [0.4, 0.5) is 0 Å². The molecular formula is C13H18ClN3. The number of fused-ring (bicyclic) bond motifs is 1. The minimum Gasteiger partial charge on any atom is -0.212 e. The van der Waals surface area contributed by atoms with E-state index < -0.39 is 0 Å². The maximum absolute atomic E-state index is 6.30. The second kappa shape index (κ2) is 4.65. The third-order valence-electron chi connectivity index (χ3n) is 3.43. The van der Waals surface area contributed by atoms with Crippen molar-refractivity contribution >= 4 is 17.2 Å². The summed E-state index contributed by atoms with van der Waals surface area (Å²) < 4.78 is 1.75. The van der Waals surface area contributed by atoms with Crippen LogP contribution >= 0.6 is 11.6 Å². The van der Waals surface area contributed by atoms with E-state index in [1.54, 1.807) is 4.52 Å². The highest BCUT2D eigenvalue weighted by molar-refractivity contribution is 6.30. The van der Waals surface area contributed by atoms with E-state index in [2.05, 4.69) is 23.9 Å². The predicted octanol–water partition coefficient (Wildman–Crippen LogP) is 3.90. The Labute approximate surface area is 107 Å². The van der Waals surface area contributed by atoms with Crippen LogP contribution < -0.4 is 0 Å². The molecule has 0 aromatic carbocycles. The van der Waals surface area contributed by atoms with Gasteiger partial charge in [-0.3, -0.25) is 0 Å². The first-order valence-electron chi connectivity index (χ1n) is 6.10. The maximum Gasteiger partial charge on any atom is 0.157 e. The van der Waals surface area contributed by atoms with Crippen LogP contribution in [0.1, 0.15) is 49.6 Å². The summed E-state index contributed by atoms with van der Waals surface area (Å²) in [6, 6.07) is 2.04. The van der Waals surface area contributed by atoms with Gasteiger partial charge in [0.2, 0.25) is 0 Å². The van der Waals surface area contributed by atoms with Crippen molar-refractivity contribution in [3.63, 3.8) is 0 Å². The van der Waals surface area contributed by atoms with Crippen LogP contribution in [0.3, 0.4) is 0 Å². The number of pyridine rings is 1. The molecule has 3 nitrogen and oxygen atoms in total. The fourth-order valence-electron chi connectivity index (χ4n) is 2.03. The van der Waals surface area contributed by atoms with E-state index >= 15 is 0 Å². The summed E-state index contributed by atoms with van der Waals surface area (Å²) in [4.78, 5) is 4.58. The van der Waals surface area contributed by atoms with Crippen molar-refractivity contribution in [3.8, 4) is 0 Å². The summed E-state index contributed by atoms with van der Waals surface area (Å²) in [7, 11) is 0. The summed E-state index contributed by atoms with van der Waals surface area (Å²) in [6.07, 6.45) is 2.12. The quantitative estimate of drug-likeness (QED) is 0.775. The molecule has 0 aliphatic heterocycles. The van der Waals surface area contributed by atoms with Gasteiger partial charge in [-0.05, 0) is 43.9 Å². The molecule has 2 aromatic heterocycles. The number of hydrogen-bond donors (Lipinski definition) is 0. The first-order valence-corrected chi connectivity index (χ1v) is 6.48. The molecule has 0 atom stereocenters. The van der Waals surface area contributed by atoms with Gasteiger partial charge in [0.25, 0.3) is 0 Å². The van der Waals surface area contributed by atoms with Crippen molar-refractivity contribution < 1.29 is 0 Å². The zero-order valence-corrected chi connectivity index (χ0v) is 11.5. The number of aryl methyl sites for hydroxylation is 1. The minimum absolute atomic E-state index is 0.423. The molecule has 92 valence electrons. The van der Waals surface area contributed by atoms with Gasteiger partial charge in [0, 0.05) is 5.92 Å². The summed E-state index contributed by atoms with van der Waals surface area (Å²) in [6.45, 7) is 8.39. The maximum atomic E-state index is 6.30. The van der Waals surface area contributed by atoms with Gasteiger partial charge in [-0.25, -0.2) is 9.50 Å². The van der Waals surface area contributed by atoms with Gasteiger partial charge in [-0.15, -0.1) is 5.10 Å². The molecule has 0 bridgehead atoms. The Balaban J connectivity index is 2.61. The number of nitrogens with zero attached hydrogens (tertiary/aromatic N) is 3. The lowest BCUT2D eigenvalue weighted by atomic mass is 10.0. The van der Waals surface area contributed by atoms with Gasteiger partial charge < -0.3 is 0 Å². The topological polar surface area (TPSA) is 30.2 Å². The molecule has 0 fully saturated rings. The molecule has 0 aliphatic rings. The predicted molar refractivity (Wildman–Crippen MR) is 70.8 cm³/mol. The van der Waals surface area contributed by atoms with Gasteiger partial charge in [0.1, 0.15) is 5.15 Å². The first kappa shape index (κ1) is 12.4. The largest absolute Gasteiger partial charge is 0.212 e. The molecule has 17 heavy (non-hydrogen) atoms. The van der Waals surface area contributed by atoms with Crippen molar-refractivity contribution in [1.29, 1.82) is 0 Å². The summed E-state index contributed by atoms with van der Waals surface area (Å²) >= 11 is 6.30. The summed E-state index contributed by atoms with van der Waals surface area (Å²) in [5.41, 5.74) is 3.08. The average molecular weight is 252 g/mol. The zero-order chi connectivity index (χ0) is 12.6. The highest BCUT2D eigenvalue weighted by atomic mass is 35.5. The fourth-order valence-corrected chi connectivity index (χ4v) is 2.30. The van der Waals surface area contributed by atoms with Crippen LogP contribution in [0, 0.1) is 13.8 Å². The molecule has 0 saturated carbocycles. The van der Waals surface area contributed by atoms with Crippen LogP contribution in [-0.4, -0.2) is 14.6 Å². The van der Waals surface area contributed by atoms with E-state index in [0.717, 1.165) is 35.4 Å². The van der Waals surface area contributed by atoms with Gasteiger partial charge in [-0.1, -0.05) is 25.4 Å². The van der Waals surface area contributed by atoms with Crippen LogP contribution in [0.2, 0.25) is 5.15 Å². The number of hydrogen-bond acceptors (Lipinski definition) is 2. The number of aromatic nitrogens is 3. The van der Waals surface area contributed by atoms with E-state index in [1.165, 1.54) is 0 Å². The molecular weight excluding hydrogens is 234 g/mol. The standard InChI is InChI=1S/C13H18ClN3/c1-5-10(6-2)13-15-11-7-8(3)9(4)12(14)17(11)16-13/h7,10H,5-6H2,1-4H3. The van der Waals surface area contributed by atoms with Crippen molar-refractivity contribution in [2.75, 3.05) is 0 Å². The Morgan fingerprint density at radius 1 is 1.29 bits per heavy atom. The fraction of sp³-hybridized carbons (Fsp3) is 0.538. The monoisotopic (exact) mass is 251 g/mol. The molecule has 0 unspecified atom stereocenters. The molecule has 2 aromatic rings. The van der Waals surface area contributed by atoms with Gasteiger partial charge in [0.05, 0.1) is 0 Å². The zero-order valence-electron chi connectivity index (χ0n) is 10.8. The summed E-state index contributed by atoms with van der Waals surface area (Å²) in [5, 5.41) is 5.20. The smallest absolute Gasteiger partial charge is 0.157 e. The van der Waals surface area contributed by atoms with Gasteiger partial charge >= 0.3 is 0 Å². The van der Waals surface area contributed by atoms with Gasteiger partial charge in [-0.2, -0.15) is 0 Å². The lowest BCUT2D eigenvalue weighted by Gasteiger charge is -2.05. The van der Waals surface area contributed by atoms with Crippen molar-refractivity contribution in [2.24, 2.45) is 0 Å². The second-order valence-corrected chi connectivity index (χ2v) is 4.85. The van der Waals surface area contributed by atoms with E-state index in [4.69, 9.17) is 11.6 Å². The Morgan fingerprint density at radius 2 is 1.94 bits per heavy atom. The third-order valence-corrected chi connectivity index (χ3v) is 3.88. The molecule has 2 rings (SSSR count). The molecule has 0 saturated heterocycles. The van der Waals surface area contributed by atoms with Crippen molar-refractivity contribution in [1.82, 2.24) is 14.6 Å². The highest BCUT2D eigenvalue weighted by Gasteiger charge is 2.15. The molecule has 2 heterocycles. The Kier molecular flexibility index (Phi) is 3.38. The Bertz CT molecular complexity index is 541. The molecule has 0 spiro atoms. The Hall–Kier alpha value is -1.09. The van der Waals surface area contributed by atoms with Crippen molar-refractivity contribution in [3.05, 3.63) is 28.2 Å². The normalized spacial score (nSPS) is 11.6. The van der Waals surface area contributed by atoms with Gasteiger partial charge in [0.15, 0.2) is 11.5 Å². The molecule has 0 aliphatic carbocycles. The number of halogens is 1. The van der Waals surface area contributed by atoms with Crippen LogP contribution in [0.15, 0.2) is 6.07 Å². The van der Waals surface area contributed by atoms with E-state index in [-0.39, 0.29) is 0 Å². The molecule has 4 heteroatoms. The van der Waals surface area contributed by atoms with E-state index in [0.29, 0.717) is 11.1 Å². The lowest BCUT2D eigenvalue weighted by Crippen LogP contribution is -1.99. The van der Waals surface area contributed by atoms with Crippen molar-refractivity contribution in [2.45, 2.75) is 46.5 Å². The highest BCUT2D eigenvalue weighted by Crippen LogP contribution is 2.24. The lowest BCUT2D eigenvalue weighted by molar-refractivity contribution is 0.601. The second-order valence-electron chi connectivity index (χ2n) is 4.50. The summed E-state index contributed by atoms with van der Waals surface area (Å²) in [5.74, 6) is 1.33. The Morgan fingerprint density at radius 3 is 2.53 bits per heavy atom. The van der Waals surface area contributed by atoms with Crippen LogP contribution in [-0.2, 0) is 0 Å². The van der Waals surface area contributed by atoms with E-state index in [9.17, 15) is 0 Å². The molecule has 0 radical (unpaired) electrons. The average Bonchev–Trinajstić information content (AvgIpc) is 2.72.